The third kappa shape index (κ3) is 3.61. The number of carbonyl (C=O) groups excluding carboxylic acids is 1. The van der Waals surface area contributed by atoms with Crippen molar-refractivity contribution in [1.82, 2.24) is 19.5 Å². The van der Waals surface area contributed by atoms with E-state index in [-0.39, 0.29) is 17.8 Å². The van der Waals surface area contributed by atoms with Gasteiger partial charge in [0.2, 0.25) is 5.91 Å². The molecule has 7 nitrogen and oxygen atoms in total. The maximum Gasteiger partial charge on any atom is 0.242 e. The highest BCUT2D eigenvalue weighted by Gasteiger charge is 2.26. The zero-order valence-electron chi connectivity index (χ0n) is 15.0. The summed E-state index contributed by atoms with van der Waals surface area (Å²) < 4.78 is 14.7. The van der Waals surface area contributed by atoms with Gasteiger partial charge in [-0.15, -0.1) is 0 Å². The molecule has 1 fully saturated rings. The van der Waals surface area contributed by atoms with Gasteiger partial charge in [0.25, 0.3) is 0 Å². The monoisotopic (exact) mass is 368 g/mol. The molecule has 3 heterocycles. The summed E-state index contributed by atoms with van der Waals surface area (Å²) in [7, 11) is 0. The standard InChI is InChI=1S/C19H21FN6O/c1-14(19(27)23-18-6-8-21-17-7-9-22-26(17)18)24-10-12-25(13-11-24)16-4-2-15(20)3-5-16/h2-9,14H,10-13H2,1H3,(H,23,27)/t14-/m0/s1. The van der Waals surface area contributed by atoms with Crippen LogP contribution in [0.15, 0.2) is 48.8 Å². The number of amides is 1. The second kappa shape index (κ2) is 7.32. The molecule has 140 valence electrons. The molecule has 1 aliphatic heterocycles. The molecule has 1 aliphatic rings. The van der Waals surface area contributed by atoms with Crippen molar-refractivity contribution in [2.75, 3.05) is 36.4 Å². The average Bonchev–Trinajstić information content (AvgIpc) is 3.18. The van der Waals surface area contributed by atoms with Crippen LogP contribution in [0.4, 0.5) is 15.9 Å². The highest BCUT2D eigenvalue weighted by Crippen LogP contribution is 2.18. The largest absolute Gasteiger partial charge is 0.369 e. The second-order valence-corrected chi connectivity index (χ2v) is 6.60. The third-order valence-corrected chi connectivity index (χ3v) is 4.97. The third-order valence-electron chi connectivity index (χ3n) is 4.97. The fourth-order valence-corrected chi connectivity index (χ4v) is 3.35. The molecule has 1 amide bonds. The van der Waals surface area contributed by atoms with E-state index in [4.69, 9.17) is 0 Å². The van der Waals surface area contributed by atoms with E-state index in [2.05, 4.69) is 25.2 Å². The second-order valence-electron chi connectivity index (χ2n) is 6.60. The van der Waals surface area contributed by atoms with Crippen molar-refractivity contribution in [3.63, 3.8) is 0 Å². The van der Waals surface area contributed by atoms with Crippen molar-refractivity contribution >= 4 is 23.1 Å². The fraction of sp³-hybridized carbons (Fsp3) is 0.316. The minimum absolute atomic E-state index is 0.0757. The molecule has 1 atom stereocenters. The van der Waals surface area contributed by atoms with Crippen LogP contribution in [0.5, 0.6) is 0 Å². The van der Waals surface area contributed by atoms with Gasteiger partial charge in [-0.1, -0.05) is 0 Å². The Kier molecular flexibility index (Phi) is 4.72. The van der Waals surface area contributed by atoms with E-state index >= 15 is 0 Å². The van der Waals surface area contributed by atoms with Crippen LogP contribution >= 0.6 is 0 Å². The van der Waals surface area contributed by atoms with Gasteiger partial charge < -0.3 is 10.2 Å². The number of aromatic nitrogens is 3. The maximum absolute atomic E-state index is 13.1. The molecule has 27 heavy (non-hydrogen) atoms. The molecular formula is C19H21FN6O. The average molecular weight is 368 g/mol. The van der Waals surface area contributed by atoms with Gasteiger partial charge in [-0.05, 0) is 37.3 Å². The highest BCUT2D eigenvalue weighted by atomic mass is 19.1. The number of halogens is 1. The molecule has 1 saturated heterocycles. The number of fused-ring (bicyclic) bond motifs is 1. The SMILES string of the molecule is C[C@@H](C(=O)Nc1ccnc2ccnn12)N1CCN(c2ccc(F)cc2)CC1. The first-order valence-electron chi connectivity index (χ1n) is 8.96. The number of hydrogen-bond donors (Lipinski definition) is 1. The first-order valence-corrected chi connectivity index (χ1v) is 8.96. The van der Waals surface area contributed by atoms with Gasteiger partial charge in [0.1, 0.15) is 11.6 Å². The van der Waals surface area contributed by atoms with Crippen LogP contribution in [0.1, 0.15) is 6.92 Å². The molecule has 0 saturated carbocycles. The van der Waals surface area contributed by atoms with E-state index in [0.29, 0.717) is 11.5 Å². The summed E-state index contributed by atoms with van der Waals surface area (Å²) in [6.45, 7) is 5.02. The highest BCUT2D eigenvalue weighted by molar-refractivity contribution is 5.94. The molecule has 1 N–H and O–H groups in total. The molecular weight excluding hydrogens is 347 g/mol. The maximum atomic E-state index is 13.1. The van der Waals surface area contributed by atoms with Crippen LogP contribution in [0.2, 0.25) is 0 Å². The van der Waals surface area contributed by atoms with E-state index in [1.807, 2.05) is 6.92 Å². The molecule has 0 bridgehead atoms. The Labute approximate surface area is 156 Å². The van der Waals surface area contributed by atoms with Gasteiger partial charge in [-0.3, -0.25) is 9.69 Å². The topological polar surface area (TPSA) is 65.8 Å². The molecule has 0 spiro atoms. The van der Waals surface area contributed by atoms with Gasteiger partial charge in [0.05, 0.1) is 12.2 Å². The molecule has 1 aromatic carbocycles. The summed E-state index contributed by atoms with van der Waals surface area (Å²) in [5, 5.41) is 7.13. The lowest BCUT2D eigenvalue weighted by atomic mass is 10.2. The van der Waals surface area contributed by atoms with Gasteiger partial charge in [0, 0.05) is 44.1 Å². The number of nitrogens with one attached hydrogen (secondary N) is 1. The zero-order valence-corrected chi connectivity index (χ0v) is 15.0. The van der Waals surface area contributed by atoms with Gasteiger partial charge in [0.15, 0.2) is 5.65 Å². The molecule has 0 aliphatic carbocycles. The lowest BCUT2D eigenvalue weighted by molar-refractivity contribution is -0.120. The van der Waals surface area contributed by atoms with Crippen molar-refractivity contribution in [1.29, 1.82) is 0 Å². The van der Waals surface area contributed by atoms with E-state index in [0.717, 1.165) is 31.9 Å². The van der Waals surface area contributed by atoms with Gasteiger partial charge >= 0.3 is 0 Å². The summed E-state index contributed by atoms with van der Waals surface area (Å²) in [6, 6.07) is 9.79. The Bertz CT molecular complexity index is 933. The molecule has 4 rings (SSSR count). The number of carbonyl (C=O) groups is 1. The van der Waals surface area contributed by atoms with Crippen LogP contribution in [0.3, 0.4) is 0 Å². The summed E-state index contributed by atoms with van der Waals surface area (Å²) >= 11 is 0. The van der Waals surface area contributed by atoms with Crippen LogP contribution in [-0.4, -0.2) is 57.6 Å². The predicted octanol–water partition coefficient (Wildman–Crippen LogP) is 2.02. The molecule has 8 heteroatoms. The number of benzene rings is 1. The lowest BCUT2D eigenvalue weighted by Crippen LogP contribution is -2.52. The van der Waals surface area contributed by atoms with Gasteiger partial charge in [-0.25, -0.2) is 9.37 Å². The molecule has 2 aromatic heterocycles. The van der Waals surface area contributed by atoms with E-state index in [9.17, 15) is 9.18 Å². The number of rotatable bonds is 4. The van der Waals surface area contributed by atoms with Gasteiger partial charge in [-0.2, -0.15) is 9.61 Å². The molecule has 0 radical (unpaired) electrons. The van der Waals surface area contributed by atoms with Crippen molar-refractivity contribution in [2.24, 2.45) is 0 Å². The Morgan fingerprint density at radius 2 is 1.81 bits per heavy atom. The predicted molar refractivity (Wildman–Crippen MR) is 101 cm³/mol. The Morgan fingerprint density at radius 1 is 1.07 bits per heavy atom. The number of piperazine rings is 1. The van der Waals surface area contributed by atoms with Crippen LogP contribution < -0.4 is 10.2 Å². The smallest absolute Gasteiger partial charge is 0.242 e. The summed E-state index contributed by atoms with van der Waals surface area (Å²) in [6.07, 6.45) is 3.30. The summed E-state index contributed by atoms with van der Waals surface area (Å²) in [5.41, 5.74) is 1.69. The minimum atomic E-state index is -0.265. The van der Waals surface area contributed by atoms with Crippen LogP contribution in [-0.2, 0) is 4.79 Å². The quantitative estimate of drug-likeness (QED) is 0.763. The lowest BCUT2D eigenvalue weighted by Gasteiger charge is -2.38. The first-order chi connectivity index (χ1) is 13.1. The number of nitrogens with zero attached hydrogens (tertiary/aromatic N) is 5. The van der Waals surface area contributed by atoms with Crippen molar-refractivity contribution < 1.29 is 9.18 Å². The summed E-state index contributed by atoms with van der Waals surface area (Å²) in [5.74, 6) is 0.296. The molecule has 0 unspecified atom stereocenters. The van der Waals surface area contributed by atoms with Crippen LogP contribution in [0, 0.1) is 5.82 Å². The number of anilines is 2. The normalized spacial score (nSPS) is 16.4. The minimum Gasteiger partial charge on any atom is -0.369 e. The summed E-state index contributed by atoms with van der Waals surface area (Å²) in [4.78, 5) is 21.2. The van der Waals surface area contributed by atoms with Crippen molar-refractivity contribution in [3.05, 3.63) is 54.6 Å². The Balaban J connectivity index is 1.37. The Hall–Kier alpha value is -3.00. The number of hydrogen-bond acceptors (Lipinski definition) is 5. The van der Waals surface area contributed by atoms with E-state index < -0.39 is 0 Å². The Morgan fingerprint density at radius 3 is 2.56 bits per heavy atom. The fourth-order valence-electron chi connectivity index (χ4n) is 3.35. The van der Waals surface area contributed by atoms with Crippen LogP contribution in [0.25, 0.3) is 5.65 Å². The van der Waals surface area contributed by atoms with Crippen molar-refractivity contribution in [3.8, 4) is 0 Å². The van der Waals surface area contributed by atoms with E-state index in [1.54, 1.807) is 41.2 Å². The van der Waals surface area contributed by atoms with Crippen molar-refractivity contribution in [2.45, 2.75) is 13.0 Å². The van der Waals surface area contributed by atoms with E-state index in [1.165, 1.54) is 12.1 Å². The zero-order chi connectivity index (χ0) is 18.8. The first kappa shape index (κ1) is 17.4. The molecule has 3 aromatic rings.